The number of fused-ring (bicyclic) bond motifs is 1. The molecule has 0 aliphatic carbocycles. The minimum Gasteiger partial charge on any atom is -0.493 e. The Morgan fingerprint density at radius 1 is 0.974 bits per heavy atom. The van der Waals surface area contributed by atoms with Gasteiger partial charge in [0.2, 0.25) is 0 Å². The molecule has 2 aromatic heterocycles. The maximum atomic E-state index is 12.3. The highest BCUT2D eigenvalue weighted by atomic mass is 19.4. The number of benzene rings is 1. The number of hydrogen-bond acceptors (Lipinski definition) is 9. The van der Waals surface area contributed by atoms with Gasteiger partial charge in [0, 0.05) is 31.0 Å². The van der Waals surface area contributed by atoms with Crippen LogP contribution in [0.2, 0.25) is 0 Å². The second-order valence-electron chi connectivity index (χ2n) is 9.28. The number of anilines is 1. The zero-order chi connectivity index (χ0) is 27.4. The summed E-state index contributed by atoms with van der Waals surface area (Å²) in [5, 5.41) is 10.9. The minimum atomic E-state index is -4.72. The molecular formula is C25H26F3N5O6. The standard InChI is InChI=1S/C25H26F3N5O6/c26-25(27,28)39-19-3-1-18(2-4-19)36-15-17-7-10-31(11-8-17)22-6-5-20(13-29-22)37-16-21-9-12-32-14-23(33(34)35)30-24(32)38-21/h1-6,13-14,17,21H,7-12,15-16H2. The maximum absolute atomic E-state index is 12.3. The molecular weight excluding hydrogens is 523 g/mol. The van der Waals surface area contributed by atoms with Crippen LogP contribution in [0.1, 0.15) is 19.3 Å². The molecule has 0 saturated carbocycles. The van der Waals surface area contributed by atoms with Crippen molar-refractivity contribution in [3.63, 3.8) is 0 Å². The highest BCUT2D eigenvalue weighted by Gasteiger charge is 2.31. The van der Waals surface area contributed by atoms with Crippen molar-refractivity contribution in [1.82, 2.24) is 14.5 Å². The number of nitro groups is 1. The summed E-state index contributed by atoms with van der Waals surface area (Å²) in [5.41, 5.74) is 0. The van der Waals surface area contributed by atoms with Gasteiger partial charge in [0.25, 0.3) is 0 Å². The van der Waals surface area contributed by atoms with E-state index in [-0.39, 0.29) is 30.3 Å². The lowest BCUT2D eigenvalue weighted by atomic mass is 9.98. The number of hydrogen-bond donors (Lipinski definition) is 0. The number of alkyl halides is 3. The quantitative estimate of drug-likeness (QED) is 0.279. The van der Waals surface area contributed by atoms with Gasteiger partial charge in [-0.25, -0.2) is 4.98 Å². The van der Waals surface area contributed by atoms with Gasteiger partial charge in [-0.1, -0.05) is 0 Å². The summed E-state index contributed by atoms with van der Waals surface area (Å²) in [7, 11) is 0. The zero-order valence-corrected chi connectivity index (χ0v) is 20.7. The van der Waals surface area contributed by atoms with Gasteiger partial charge in [0.05, 0.1) is 12.8 Å². The van der Waals surface area contributed by atoms with Crippen LogP contribution in [0.5, 0.6) is 23.3 Å². The van der Waals surface area contributed by atoms with E-state index in [2.05, 4.69) is 19.6 Å². The molecule has 0 amide bonds. The number of rotatable bonds is 9. The van der Waals surface area contributed by atoms with Crippen LogP contribution in [0.3, 0.4) is 0 Å². The van der Waals surface area contributed by atoms with Crippen molar-refractivity contribution < 1.29 is 37.0 Å². The first kappa shape index (κ1) is 26.4. The van der Waals surface area contributed by atoms with Crippen molar-refractivity contribution in [1.29, 1.82) is 0 Å². The van der Waals surface area contributed by atoms with E-state index in [1.165, 1.54) is 30.5 Å². The van der Waals surface area contributed by atoms with E-state index in [1.807, 2.05) is 12.1 Å². The number of piperidine rings is 1. The fraction of sp³-hybridized carbons (Fsp3) is 0.440. The lowest BCUT2D eigenvalue weighted by Crippen LogP contribution is -2.36. The monoisotopic (exact) mass is 549 g/mol. The number of aromatic nitrogens is 3. The molecule has 0 radical (unpaired) electrons. The third-order valence-electron chi connectivity index (χ3n) is 6.52. The third-order valence-corrected chi connectivity index (χ3v) is 6.52. The Morgan fingerprint density at radius 2 is 1.67 bits per heavy atom. The fourth-order valence-corrected chi connectivity index (χ4v) is 4.45. The Balaban J connectivity index is 1.03. The lowest BCUT2D eigenvalue weighted by Gasteiger charge is -2.32. The van der Waals surface area contributed by atoms with E-state index >= 15 is 0 Å². The number of pyridine rings is 1. The summed E-state index contributed by atoms with van der Waals surface area (Å²) in [6, 6.07) is 9.35. The molecule has 14 heteroatoms. The summed E-state index contributed by atoms with van der Waals surface area (Å²) in [6.45, 7) is 2.91. The molecule has 1 aromatic carbocycles. The van der Waals surface area contributed by atoms with E-state index in [0.29, 0.717) is 37.0 Å². The van der Waals surface area contributed by atoms with Crippen LogP contribution in [-0.4, -0.2) is 58.2 Å². The molecule has 4 heterocycles. The summed E-state index contributed by atoms with van der Waals surface area (Å²) < 4.78 is 59.6. The molecule has 2 aliphatic rings. The highest BCUT2D eigenvalue weighted by Crippen LogP contribution is 2.28. The average Bonchev–Trinajstić information content (AvgIpc) is 3.35. The Hall–Kier alpha value is -4.23. The van der Waals surface area contributed by atoms with Crippen molar-refractivity contribution in [2.45, 2.75) is 38.3 Å². The van der Waals surface area contributed by atoms with Gasteiger partial charge in [-0.05, 0) is 60.1 Å². The van der Waals surface area contributed by atoms with Crippen molar-refractivity contribution >= 4 is 11.6 Å². The van der Waals surface area contributed by atoms with Gasteiger partial charge in [-0.15, -0.1) is 13.2 Å². The second kappa shape index (κ2) is 11.3. The molecule has 1 fully saturated rings. The smallest absolute Gasteiger partial charge is 0.493 e. The molecule has 0 bridgehead atoms. The molecule has 208 valence electrons. The van der Waals surface area contributed by atoms with Crippen LogP contribution in [0, 0.1) is 16.0 Å². The maximum Gasteiger partial charge on any atom is 0.573 e. The van der Waals surface area contributed by atoms with Crippen LogP contribution in [0.15, 0.2) is 48.8 Å². The average molecular weight is 550 g/mol. The van der Waals surface area contributed by atoms with Gasteiger partial charge < -0.3 is 34.0 Å². The molecule has 3 aromatic rings. The van der Waals surface area contributed by atoms with Crippen LogP contribution in [0.4, 0.5) is 24.8 Å². The molecule has 0 N–H and O–H groups in total. The molecule has 11 nitrogen and oxygen atoms in total. The summed E-state index contributed by atoms with van der Waals surface area (Å²) in [6.07, 6.45) is 0.456. The number of aryl methyl sites for hydroxylation is 1. The Bertz CT molecular complexity index is 1260. The second-order valence-corrected chi connectivity index (χ2v) is 9.28. The Kier molecular flexibility index (Phi) is 7.61. The van der Waals surface area contributed by atoms with E-state index in [4.69, 9.17) is 14.2 Å². The van der Waals surface area contributed by atoms with E-state index in [1.54, 1.807) is 10.8 Å². The summed E-state index contributed by atoms with van der Waals surface area (Å²) >= 11 is 0. The predicted molar refractivity (Wildman–Crippen MR) is 131 cm³/mol. The molecule has 39 heavy (non-hydrogen) atoms. The first-order valence-electron chi connectivity index (χ1n) is 12.4. The zero-order valence-electron chi connectivity index (χ0n) is 20.7. The van der Waals surface area contributed by atoms with Gasteiger partial charge in [-0.3, -0.25) is 4.57 Å². The topological polar surface area (TPSA) is 114 Å². The van der Waals surface area contributed by atoms with E-state index in [9.17, 15) is 23.3 Å². The van der Waals surface area contributed by atoms with Crippen molar-refractivity contribution in [2.24, 2.45) is 5.92 Å². The van der Waals surface area contributed by atoms with Gasteiger partial charge >= 0.3 is 18.2 Å². The van der Waals surface area contributed by atoms with Crippen molar-refractivity contribution in [2.75, 3.05) is 31.2 Å². The van der Waals surface area contributed by atoms with E-state index in [0.717, 1.165) is 31.7 Å². The number of nitrogens with zero attached hydrogens (tertiary/aromatic N) is 5. The van der Waals surface area contributed by atoms with Crippen LogP contribution in [0.25, 0.3) is 0 Å². The van der Waals surface area contributed by atoms with Crippen molar-refractivity contribution in [3.05, 3.63) is 58.9 Å². The SMILES string of the molecule is O=[N+]([O-])c1cn2c(n1)OC(COc1ccc(N3CCC(COc4ccc(OC(F)(F)F)cc4)CC3)nc1)CC2. The van der Waals surface area contributed by atoms with Gasteiger partial charge in [0.1, 0.15) is 42.0 Å². The molecule has 1 unspecified atom stereocenters. The first-order chi connectivity index (χ1) is 18.7. The third kappa shape index (κ3) is 7.00. The summed E-state index contributed by atoms with van der Waals surface area (Å²) in [5.74, 6) is 1.73. The molecule has 1 saturated heterocycles. The van der Waals surface area contributed by atoms with Gasteiger partial charge in [-0.2, -0.15) is 0 Å². The number of imidazole rings is 1. The van der Waals surface area contributed by atoms with E-state index < -0.39 is 11.3 Å². The Labute approximate surface area is 221 Å². The molecule has 0 spiro atoms. The van der Waals surface area contributed by atoms with Crippen molar-refractivity contribution in [3.8, 4) is 23.3 Å². The first-order valence-corrected chi connectivity index (χ1v) is 12.4. The number of halogens is 3. The van der Waals surface area contributed by atoms with Gasteiger partial charge in [0.15, 0.2) is 0 Å². The highest BCUT2D eigenvalue weighted by molar-refractivity contribution is 5.41. The predicted octanol–water partition coefficient (Wildman–Crippen LogP) is 4.61. The molecule has 2 aliphatic heterocycles. The normalized spacial score (nSPS) is 17.7. The largest absolute Gasteiger partial charge is 0.573 e. The fourth-order valence-electron chi connectivity index (χ4n) is 4.45. The van der Waals surface area contributed by atoms with Crippen LogP contribution in [-0.2, 0) is 6.54 Å². The van der Waals surface area contributed by atoms with Crippen LogP contribution >= 0.6 is 0 Å². The number of ether oxygens (including phenoxy) is 4. The lowest BCUT2D eigenvalue weighted by molar-refractivity contribution is -0.389. The molecule has 5 rings (SSSR count). The molecule has 1 atom stereocenters. The Morgan fingerprint density at radius 3 is 2.33 bits per heavy atom. The minimum absolute atomic E-state index is 0.220. The van der Waals surface area contributed by atoms with Crippen LogP contribution < -0.4 is 23.8 Å². The summed E-state index contributed by atoms with van der Waals surface area (Å²) in [4.78, 5) is 20.9.